The summed E-state index contributed by atoms with van der Waals surface area (Å²) in [6, 6.07) is 2.32. The SMILES string of the molecule is CC(C)CNCc1ccoc1COc1cnn(C(C)C)c1. The minimum atomic E-state index is 0.335. The molecule has 0 radical (unpaired) electrons. The van der Waals surface area contributed by atoms with Crippen LogP contribution in [0.4, 0.5) is 0 Å². The van der Waals surface area contributed by atoms with E-state index in [0.29, 0.717) is 18.6 Å². The van der Waals surface area contributed by atoms with Gasteiger partial charge in [0.05, 0.1) is 18.7 Å². The maximum atomic E-state index is 5.74. The van der Waals surface area contributed by atoms with Crippen molar-refractivity contribution in [3.05, 3.63) is 36.0 Å². The van der Waals surface area contributed by atoms with E-state index >= 15 is 0 Å². The second kappa shape index (κ2) is 7.31. The van der Waals surface area contributed by atoms with Crippen LogP contribution in [0.1, 0.15) is 45.1 Å². The molecule has 0 saturated carbocycles. The van der Waals surface area contributed by atoms with Crippen molar-refractivity contribution >= 4 is 0 Å². The van der Waals surface area contributed by atoms with Crippen LogP contribution in [-0.2, 0) is 13.2 Å². The molecule has 0 aliphatic carbocycles. The van der Waals surface area contributed by atoms with Crippen LogP contribution in [0.15, 0.2) is 29.1 Å². The van der Waals surface area contributed by atoms with E-state index in [1.54, 1.807) is 12.5 Å². The second-order valence-corrected chi connectivity index (χ2v) is 5.93. The molecular formula is C16H25N3O2. The van der Waals surface area contributed by atoms with Crippen molar-refractivity contribution in [1.29, 1.82) is 0 Å². The van der Waals surface area contributed by atoms with E-state index < -0.39 is 0 Å². The van der Waals surface area contributed by atoms with Gasteiger partial charge in [-0.15, -0.1) is 0 Å². The molecule has 5 nitrogen and oxygen atoms in total. The number of hydrogen-bond donors (Lipinski definition) is 1. The topological polar surface area (TPSA) is 52.2 Å². The van der Waals surface area contributed by atoms with Crippen LogP contribution in [0.5, 0.6) is 5.75 Å². The van der Waals surface area contributed by atoms with E-state index in [1.165, 1.54) is 0 Å². The fraction of sp³-hybridized carbons (Fsp3) is 0.562. The zero-order chi connectivity index (χ0) is 15.2. The summed E-state index contributed by atoms with van der Waals surface area (Å²) in [6.07, 6.45) is 5.35. The zero-order valence-corrected chi connectivity index (χ0v) is 13.3. The maximum absolute atomic E-state index is 5.74. The average Bonchev–Trinajstić information content (AvgIpc) is 3.04. The van der Waals surface area contributed by atoms with Gasteiger partial charge in [-0.2, -0.15) is 5.10 Å². The van der Waals surface area contributed by atoms with Crippen molar-refractivity contribution in [1.82, 2.24) is 15.1 Å². The first-order valence-electron chi connectivity index (χ1n) is 7.49. The first-order chi connectivity index (χ1) is 10.1. The normalized spacial score (nSPS) is 11.5. The van der Waals surface area contributed by atoms with E-state index in [9.17, 15) is 0 Å². The third-order valence-corrected chi connectivity index (χ3v) is 3.18. The van der Waals surface area contributed by atoms with E-state index in [-0.39, 0.29) is 0 Å². The van der Waals surface area contributed by atoms with Gasteiger partial charge in [0.1, 0.15) is 12.4 Å². The van der Waals surface area contributed by atoms with E-state index in [2.05, 4.69) is 38.1 Å². The van der Waals surface area contributed by atoms with Crippen molar-refractivity contribution in [3.8, 4) is 5.75 Å². The van der Waals surface area contributed by atoms with Gasteiger partial charge in [-0.05, 0) is 32.4 Å². The fourth-order valence-corrected chi connectivity index (χ4v) is 1.97. The number of nitrogens with one attached hydrogen (secondary N) is 1. The number of rotatable bonds is 8. The first-order valence-corrected chi connectivity index (χ1v) is 7.49. The van der Waals surface area contributed by atoms with Gasteiger partial charge in [0.2, 0.25) is 0 Å². The van der Waals surface area contributed by atoms with Crippen LogP contribution < -0.4 is 10.1 Å². The standard InChI is InChI=1S/C16H25N3O2/c1-12(2)7-17-8-14-5-6-20-16(14)11-21-15-9-18-19(10-15)13(3)4/h5-6,9-10,12-13,17H,7-8,11H2,1-4H3. The first kappa shape index (κ1) is 15.6. The Kier molecular flexibility index (Phi) is 5.44. The molecule has 2 aromatic rings. The van der Waals surface area contributed by atoms with Crippen molar-refractivity contribution < 1.29 is 9.15 Å². The summed E-state index contributed by atoms with van der Waals surface area (Å²) in [5, 5.41) is 7.67. The molecule has 0 amide bonds. The molecule has 0 unspecified atom stereocenters. The number of nitrogens with zero attached hydrogens (tertiary/aromatic N) is 2. The third kappa shape index (κ3) is 4.63. The molecule has 5 heteroatoms. The van der Waals surface area contributed by atoms with Gasteiger partial charge in [0.25, 0.3) is 0 Å². The Bertz CT molecular complexity index is 543. The highest BCUT2D eigenvalue weighted by molar-refractivity contribution is 5.18. The molecule has 0 aliphatic heterocycles. The monoisotopic (exact) mass is 291 g/mol. The van der Waals surface area contributed by atoms with Gasteiger partial charge in [0, 0.05) is 18.2 Å². The summed E-state index contributed by atoms with van der Waals surface area (Å²) < 4.78 is 13.1. The number of furan rings is 1. The van der Waals surface area contributed by atoms with Crippen LogP contribution >= 0.6 is 0 Å². The quantitative estimate of drug-likeness (QED) is 0.810. The molecule has 0 aromatic carbocycles. The van der Waals surface area contributed by atoms with E-state index in [0.717, 1.165) is 30.2 Å². The smallest absolute Gasteiger partial charge is 0.157 e. The van der Waals surface area contributed by atoms with Crippen molar-refractivity contribution in [2.24, 2.45) is 5.92 Å². The highest BCUT2D eigenvalue weighted by Crippen LogP contribution is 2.17. The Morgan fingerprint density at radius 1 is 1.33 bits per heavy atom. The Balaban J connectivity index is 1.86. The second-order valence-electron chi connectivity index (χ2n) is 5.93. The lowest BCUT2D eigenvalue weighted by atomic mass is 10.2. The van der Waals surface area contributed by atoms with Gasteiger partial charge >= 0.3 is 0 Å². The Morgan fingerprint density at radius 3 is 2.81 bits per heavy atom. The molecule has 116 valence electrons. The van der Waals surface area contributed by atoms with E-state index in [4.69, 9.17) is 9.15 Å². The molecule has 0 spiro atoms. The fourth-order valence-electron chi connectivity index (χ4n) is 1.97. The molecule has 0 aliphatic rings. The summed E-state index contributed by atoms with van der Waals surface area (Å²) in [4.78, 5) is 0. The summed E-state index contributed by atoms with van der Waals surface area (Å²) in [5.74, 6) is 2.27. The van der Waals surface area contributed by atoms with Crippen molar-refractivity contribution in [2.75, 3.05) is 6.54 Å². The van der Waals surface area contributed by atoms with Crippen molar-refractivity contribution in [2.45, 2.75) is 46.9 Å². The Labute approximate surface area is 126 Å². The molecule has 0 saturated heterocycles. The lowest BCUT2D eigenvalue weighted by molar-refractivity contribution is 0.267. The molecule has 0 fully saturated rings. The van der Waals surface area contributed by atoms with Gasteiger partial charge < -0.3 is 14.5 Å². The lowest BCUT2D eigenvalue weighted by Gasteiger charge is -2.08. The molecule has 2 aromatic heterocycles. The van der Waals surface area contributed by atoms with Crippen LogP contribution in [-0.4, -0.2) is 16.3 Å². The Morgan fingerprint density at radius 2 is 2.14 bits per heavy atom. The molecule has 2 rings (SSSR count). The van der Waals surface area contributed by atoms with Gasteiger partial charge in [-0.25, -0.2) is 0 Å². The molecule has 0 bridgehead atoms. The zero-order valence-electron chi connectivity index (χ0n) is 13.3. The largest absolute Gasteiger partial charge is 0.482 e. The molecule has 21 heavy (non-hydrogen) atoms. The lowest BCUT2D eigenvalue weighted by Crippen LogP contribution is -2.19. The molecule has 1 N–H and O–H groups in total. The summed E-state index contributed by atoms with van der Waals surface area (Å²) in [5.41, 5.74) is 1.15. The minimum absolute atomic E-state index is 0.335. The summed E-state index contributed by atoms with van der Waals surface area (Å²) in [7, 11) is 0. The van der Waals surface area contributed by atoms with Crippen LogP contribution in [0.25, 0.3) is 0 Å². The van der Waals surface area contributed by atoms with Crippen molar-refractivity contribution in [3.63, 3.8) is 0 Å². The number of ether oxygens (including phenoxy) is 1. The van der Waals surface area contributed by atoms with Crippen LogP contribution in [0, 0.1) is 5.92 Å². The molecular weight excluding hydrogens is 266 g/mol. The van der Waals surface area contributed by atoms with Crippen LogP contribution in [0.3, 0.4) is 0 Å². The number of hydrogen-bond acceptors (Lipinski definition) is 4. The van der Waals surface area contributed by atoms with Gasteiger partial charge in [0.15, 0.2) is 5.75 Å². The van der Waals surface area contributed by atoms with Gasteiger partial charge in [-0.3, -0.25) is 4.68 Å². The maximum Gasteiger partial charge on any atom is 0.157 e. The third-order valence-electron chi connectivity index (χ3n) is 3.18. The number of aromatic nitrogens is 2. The summed E-state index contributed by atoms with van der Waals surface area (Å²) in [6.45, 7) is 10.8. The summed E-state index contributed by atoms with van der Waals surface area (Å²) >= 11 is 0. The highest BCUT2D eigenvalue weighted by atomic mass is 16.5. The highest BCUT2D eigenvalue weighted by Gasteiger charge is 2.09. The molecule has 2 heterocycles. The minimum Gasteiger partial charge on any atom is -0.482 e. The predicted octanol–water partition coefficient (Wildman–Crippen LogP) is 3.38. The van der Waals surface area contributed by atoms with E-state index in [1.807, 2.05) is 16.9 Å². The average molecular weight is 291 g/mol. The molecule has 0 atom stereocenters. The van der Waals surface area contributed by atoms with Crippen LogP contribution in [0.2, 0.25) is 0 Å². The van der Waals surface area contributed by atoms with Gasteiger partial charge in [-0.1, -0.05) is 13.8 Å². The predicted molar refractivity (Wildman–Crippen MR) is 82.2 cm³/mol. The Hall–Kier alpha value is -1.75.